The number of rotatable bonds is 11. The van der Waals surface area contributed by atoms with Crippen molar-refractivity contribution in [1.82, 2.24) is 10.6 Å². The highest BCUT2D eigenvalue weighted by Crippen LogP contribution is 2.77. The van der Waals surface area contributed by atoms with Gasteiger partial charge in [-0.15, -0.1) is 0 Å². The van der Waals surface area contributed by atoms with Crippen LogP contribution in [0, 0.1) is 68.0 Å². The van der Waals surface area contributed by atoms with E-state index in [4.69, 9.17) is 25.8 Å². The predicted octanol–water partition coefficient (Wildman–Crippen LogP) is 9.77. The Morgan fingerprint density at radius 3 is 2.26 bits per heavy atom. The van der Waals surface area contributed by atoms with Crippen LogP contribution >= 0.6 is 11.6 Å². The second-order valence-electron chi connectivity index (χ2n) is 24.3. The molecule has 0 bridgehead atoms. The quantitative estimate of drug-likeness (QED) is 0.184. The zero-order chi connectivity index (χ0) is 47.4. The summed E-state index contributed by atoms with van der Waals surface area (Å²) in [7, 11) is 0. The number of Topliss-reactive ketones (excluding diaryl/α,β-unsaturated/α-hetero) is 1. The number of aliphatic carboxylic acids is 1. The highest BCUT2D eigenvalue weighted by Gasteiger charge is 2.70. The maximum Gasteiger partial charge on any atom is 0.309 e. The van der Waals surface area contributed by atoms with Gasteiger partial charge in [-0.2, -0.15) is 0 Å². The minimum Gasteiger partial charge on any atom is -0.487 e. The smallest absolute Gasteiger partial charge is 0.309 e. The molecular weight excluding hydrogens is 844 g/mol. The summed E-state index contributed by atoms with van der Waals surface area (Å²) >= 11 is 6.31. The van der Waals surface area contributed by atoms with Gasteiger partial charge in [0.05, 0.1) is 30.6 Å². The van der Waals surface area contributed by atoms with Crippen molar-refractivity contribution in [3.05, 3.63) is 39.9 Å². The van der Waals surface area contributed by atoms with Crippen molar-refractivity contribution in [3.63, 3.8) is 0 Å². The summed E-state index contributed by atoms with van der Waals surface area (Å²) < 4.78 is 18.0. The van der Waals surface area contributed by atoms with Gasteiger partial charge in [0.2, 0.25) is 5.91 Å². The molecule has 0 aromatic heterocycles. The number of nitrogens with one attached hydrogen (secondary N) is 2. The fraction of sp³-hybridized carbons (Fsp3) is 0.755. The maximum absolute atomic E-state index is 14.3. The molecule has 3 N–H and O–H groups in total. The molecule has 6 fully saturated rings. The SMILES string of the molecule is CC(C)C1=C2[C@H]3CC[C@@H]4[C@@]5(C)CC[C@H](OC(=O)[C@H]6C[C@@H](C(=O)O)C6(C)C)C(C)(C)[C@@H]5CC[C@@]4(C)[C@]3(C)CCC2(CNC(=O)C(C)(C)NC(=O)c2ccc(Cl)cc2O[C@@H]2CCOC2)CC1=O. The highest BCUT2D eigenvalue weighted by atomic mass is 35.5. The van der Waals surface area contributed by atoms with E-state index < -0.39 is 40.1 Å². The lowest BCUT2D eigenvalue weighted by atomic mass is 9.33. The number of ether oxygens (including phenoxy) is 3. The molecule has 0 spiro atoms. The first-order valence-electron chi connectivity index (χ1n) is 24.6. The molecule has 6 aliphatic carbocycles. The van der Waals surface area contributed by atoms with E-state index in [9.17, 15) is 29.1 Å². The first kappa shape index (κ1) is 48.0. The molecule has 1 aliphatic heterocycles. The van der Waals surface area contributed by atoms with E-state index in [0.717, 1.165) is 56.9 Å². The summed E-state index contributed by atoms with van der Waals surface area (Å²) in [6.45, 7) is 25.0. The topological polar surface area (TPSA) is 157 Å². The van der Waals surface area contributed by atoms with Crippen molar-refractivity contribution in [2.24, 2.45) is 68.0 Å². The summed E-state index contributed by atoms with van der Waals surface area (Å²) in [4.78, 5) is 67.9. The number of carbonyl (C=O) groups is 5. The van der Waals surface area contributed by atoms with Crippen molar-refractivity contribution in [2.75, 3.05) is 19.8 Å². The lowest BCUT2D eigenvalue weighted by Gasteiger charge is -2.72. The van der Waals surface area contributed by atoms with E-state index in [2.05, 4.69) is 59.1 Å². The molecule has 2 amide bonds. The average Bonchev–Trinajstić information content (AvgIpc) is 3.83. The number of benzene rings is 1. The Bertz CT molecular complexity index is 2170. The maximum atomic E-state index is 14.3. The number of carbonyl (C=O) groups excluding carboxylic acids is 4. The van der Waals surface area contributed by atoms with Gasteiger partial charge in [0.15, 0.2) is 5.78 Å². The van der Waals surface area contributed by atoms with Crippen LogP contribution in [0.25, 0.3) is 0 Å². The Hall–Kier alpha value is -3.44. The summed E-state index contributed by atoms with van der Waals surface area (Å²) in [5.41, 5.74) is -0.177. The van der Waals surface area contributed by atoms with E-state index in [1.165, 1.54) is 5.57 Å². The van der Waals surface area contributed by atoms with Crippen molar-refractivity contribution < 1.29 is 43.3 Å². The number of ketones is 1. The second-order valence-corrected chi connectivity index (χ2v) is 24.7. The van der Waals surface area contributed by atoms with Crippen LogP contribution in [0.5, 0.6) is 5.75 Å². The first-order valence-corrected chi connectivity index (χ1v) is 25.0. The Labute approximate surface area is 391 Å². The number of fused-ring (bicyclic) bond motifs is 7. The average molecular weight is 920 g/mol. The number of carboxylic acids is 1. The van der Waals surface area contributed by atoms with E-state index in [1.807, 2.05) is 13.8 Å². The number of hydrogen-bond donors (Lipinski definition) is 3. The lowest BCUT2D eigenvalue weighted by Crippen LogP contribution is -2.66. The Morgan fingerprint density at radius 1 is 0.892 bits per heavy atom. The first-order chi connectivity index (χ1) is 30.2. The number of esters is 1. The van der Waals surface area contributed by atoms with Crippen molar-refractivity contribution in [1.29, 1.82) is 0 Å². The third-order valence-corrected chi connectivity index (χ3v) is 19.8. The van der Waals surface area contributed by atoms with Crippen molar-refractivity contribution in [3.8, 4) is 5.75 Å². The van der Waals surface area contributed by atoms with E-state index in [0.29, 0.717) is 61.6 Å². The molecular formula is C53H75ClN2O9. The van der Waals surface area contributed by atoms with E-state index in [1.54, 1.807) is 32.0 Å². The standard InChI is InChI=1S/C53H75ClN2O9/c1-29(2)41-36(57)26-53(28-55-46(62)49(7,8)56-43(58)32-13-12-30(54)24-37(32)64-31-18-23-63-27-31)22-21-51(10)33(42(41)53)14-15-39-50(9)19-17-40(48(5,6)38(50)16-20-52(39,51)11)65-45(61)35-25-34(44(59)60)47(35,3)4/h12-13,24,29,31,33-35,38-40H,14-23,25-28H2,1-11H3,(H,55,62)(H,56,58)(H,59,60)/t31-,33-,34+,35-,38+,39-,40+,50+,51-,52-,53?/m1/s1. The van der Waals surface area contributed by atoms with Crippen molar-refractivity contribution in [2.45, 2.75) is 165 Å². The molecule has 0 radical (unpaired) electrons. The van der Waals surface area contributed by atoms with E-state index >= 15 is 0 Å². The number of halogens is 1. The molecule has 65 heavy (non-hydrogen) atoms. The Kier molecular flexibility index (Phi) is 12.1. The zero-order valence-corrected chi connectivity index (χ0v) is 41.6. The molecule has 1 aromatic carbocycles. The molecule has 358 valence electrons. The van der Waals surface area contributed by atoms with Crippen LogP contribution in [0.15, 0.2) is 29.3 Å². The molecule has 12 heteroatoms. The number of allylic oxidation sites excluding steroid dienone is 1. The minimum atomic E-state index is -1.28. The summed E-state index contributed by atoms with van der Waals surface area (Å²) in [6.07, 6.45) is 8.62. The summed E-state index contributed by atoms with van der Waals surface area (Å²) in [6, 6.07) is 4.88. The fourth-order valence-corrected chi connectivity index (χ4v) is 15.7. The van der Waals surface area contributed by atoms with Crippen LogP contribution < -0.4 is 15.4 Å². The van der Waals surface area contributed by atoms with Gasteiger partial charge in [-0.05, 0) is 141 Å². The van der Waals surface area contributed by atoms with Gasteiger partial charge < -0.3 is 30.0 Å². The van der Waals surface area contributed by atoms with Gasteiger partial charge in [0, 0.05) is 35.2 Å². The normalized spacial score (nSPS) is 38.1. The predicted molar refractivity (Wildman–Crippen MR) is 248 cm³/mol. The largest absolute Gasteiger partial charge is 0.487 e. The number of carboxylic acid groups (broad SMARTS) is 1. The molecule has 1 aromatic rings. The van der Waals surface area contributed by atoms with Gasteiger partial charge in [-0.25, -0.2) is 0 Å². The second kappa shape index (κ2) is 16.4. The molecule has 1 heterocycles. The van der Waals surface area contributed by atoms with Crippen LogP contribution in [-0.2, 0) is 28.7 Å². The van der Waals surface area contributed by atoms with Crippen molar-refractivity contribution >= 4 is 41.1 Å². The lowest BCUT2D eigenvalue weighted by molar-refractivity contribution is -0.236. The van der Waals surface area contributed by atoms with Crippen LogP contribution in [0.2, 0.25) is 5.02 Å². The van der Waals surface area contributed by atoms with Gasteiger partial charge in [-0.1, -0.05) is 79.5 Å². The van der Waals surface area contributed by atoms with Crippen LogP contribution in [-0.4, -0.2) is 72.1 Å². The Morgan fingerprint density at radius 2 is 1.62 bits per heavy atom. The summed E-state index contributed by atoms with van der Waals surface area (Å²) in [5, 5.41) is 16.4. The van der Waals surface area contributed by atoms with Gasteiger partial charge in [0.1, 0.15) is 23.5 Å². The number of amides is 2. The monoisotopic (exact) mass is 919 g/mol. The van der Waals surface area contributed by atoms with Crippen LogP contribution in [0.1, 0.15) is 157 Å². The molecule has 11 nitrogen and oxygen atoms in total. The third kappa shape index (κ3) is 7.58. The van der Waals surface area contributed by atoms with Crippen LogP contribution in [0.4, 0.5) is 0 Å². The van der Waals surface area contributed by atoms with Crippen LogP contribution in [0.3, 0.4) is 0 Å². The van der Waals surface area contributed by atoms with Gasteiger partial charge in [-0.3, -0.25) is 24.0 Å². The zero-order valence-electron chi connectivity index (χ0n) is 40.8. The van der Waals surface area contributed by atoms with Gasteiger partial charge in [0.25, 0.3) is 5.91 Å². The fourth-order valence-electron chi connectivity index (χ4n) is 15.5. The third-order valence-electron chi connectivity index (χ3n) is 19.6. The molecule has 8 rings (SSSR count). The minimum absolute atomic E-state index is 0.0000127. The molecule has 7 aliphatic rings. The summed E-state index contributed by atoms with van der Waals surface area (Å²) in [5.74, 6) is -1.19. The molecule has 5 saturated carbocycles. The van der Waals surface area contributed by atoms with Gasteiger partial charge >= 0.3 is 11.9 Å². The number of hydrogen-bond acceptors (Lipinski definition) is 8. The Balaban J connectivity index is 0.993. The molecule has 1 saturated heterocycles. The molecule has 11 atom stereocenters. The van der Waals surface area contributed by atoms with E-state index in [-0.39, 0.29) is 68.9 Å². The highest BCUT2D eigenvalue weighted by molar-refractivity contribution is 6.30. The molecule has 1 unspecified atom stereocenters.